The van der Waals surface area contributed by atoms with Crippen LogP contribution in [0.25, 0.3) is 0 Å². The molecule has 2 N–H and O–H groups in total. The minimum absolute atomic E-state index is 0. The molecule has 1 aliphatic heterocycles. The quantitative estimate of drug-likeness (QED) is 0.327. The third-order valence-electron chi connectivity index (χ3n) is 5.29. The van der Waals surface area contributed by atoms with E-state index in [2.05, 4.69) is 34.4 Å². The molecule has 1 atom stereocenters. The van der Waals surface area contributed by atoms with Crippen molar-refractivity contribution in [3.05, 3.63) is 29.8 Å². The average molecular weight is 522 g/mol. The molecule has 160 valence electrons. The third kappa shape index (κ3) is 8.24. The van der Waals surface area contributed by atoms with Crippen molar-refractivity contribution in [3.8, 4) is 0 Å². The fourth-order valence-electron chi connectivity index (χ4n) is 3.29. The van der Waals surface area contributed by atoms with E-state index >= 15 is 0 Å². The van der Waals surface area contributed by atoms with Crippen LogP contribution in [-0.4, -0.2) is 64.8 Å². The smallest absolute Gasteiger partial charge is 0.191 e. The van der Waals surface area contributed by atoms with Crippen molar-refractivity contribution in [2.75, 3.05) is 39.5 Å². The predicted molar refractivity (Wildman–Crippen MR) is 127 cm³/mol. The van der Waals surface area contributed by atoms with E-state index in [1.54, 1.807) is 19.2 Å². The number of hydrogen-bond acceptors (Lipinski definition) is 4. The standard InChI is InChI=1S/C20H34N4O2S.HI/c1-16-10-13-24(14-11-16)17(2)15-23-20(21-3)22-12-9-18-5-7-19(8-6-18)27(4,25)26;/h5-8,16-17H,9-15H2,1-4H3,(H2,21,22,23);1H. The summed E-state index contributed by atoms with van der Waals surface area (Å²) in [5.41, 5.74) is 1.10. The first-order valence-corrected chi connectivity index (χ1v) is 11.7. The first-order chi connectivity index (χ1) is 12.8. The van der Waals surface area contributed by atoms with Crippen LogP contribution in [0, 0.1) is 5.92 Å². The van der Waals surface area contributed by atoms with E-state index in [-0.39, 0.29) is 24.0 Å². The maximum absolute atomic E-state index is 11.5. The Balaban J connectivity index is 0.00000392. The summed E-state index contributed by atoms with van der Waals surface area (Å²) in [6, 6.07) is 7.55. The van der Waals surface area contributed by atoms with E-state index in [0.717, 1.165) is 37.0 Å². The molecule has 1 aliphatic rings. The van der Waals surface area contributed by atoms with E-state index < -0.39 is 9.84 Å². The first kappa shape index (κ1) is 25.2. The van der Waals surface area contributed by atoms with Gasteiger partial charge >= 0.3 is 0 Å². The lowest BCUT2D eigenvalue weighted by Gasteiger charge is -2.35. The molecule has 1 heterocycles. The van der Waals surface area contributed by atoms with E-state index in [9.17, 15) is 8.42 Å². The Hall–Kier alpha value is -0.870. The molecule has 0 aliphatic carbocycles. The van der Waals surface area contributed by atoms with Crippen LogP contribution in [0.15, 0.2) is 34.2 Å². The largest absolute Gasteiger partial charge is 0.356 e. The van der Waals surface area contributed by atoms with Crippen LogP contribution >= 0.6 is 24.0 Å². The normalized spacial score (nSPS) is 17.6. The molecule has 0 saturated carbocycles. The van der Waals surface area contributed by atoms with Crippen molar-refractivity contribution in [2.24, 2.45) is 10.9 Å². The van der Waals surface area contributed by atoms with Crippen LogP contribution in [0.2, 0.25) is 0 Å². The Labute approximate surface area is 187 Å². The number of likely N-dealkylation sites (tertiary alicyclic amines) is 1. The number of piperidine rings is 1. The highest BCUT2D eigenvalue weighted by atomic mass is 127. The van der Waals surface area contributed by atoms with Crippen LogP contribution in [-0.2, 0) is 16.3 Å². The van der Waals surface area contributed by atoms with Crippen LogP contribution in [0.4, 0.5) is 0 Å². The van der Waals surface area contributed by atoms with Crippen molar-refractivity contribution in [1.29, 1.82) is 0 Å². The van der Waals surface area contributed by atoms with Crippen LogP contribution < -0.4 is 10.6 Å². The number of hydrogen-bond donors (Lipinski definition) is 2. The van der Waals surface area contributed by atoms with Crippen molar-refractivity contribution < 1.29 is 8.42 Å². The molecule has 0 radical (unpaired) electrons. The maximum Gasteiger partial charge on any atom is 0.191 e. The molecule has 1 fully saturated rings. The third-order valence-corrected chi connectivity index (χ3v) is 6.42. The summed E-state index contributed by atoms with van der Waals surface area (Å²) in [6.07, 6.45) is 4.61. The molecule has 1 unspecified atom stereocenters. The molecule has 0 spiro atoms. The molecular formula is C20H35IN4O2S. The molecule has 1 saturated heterocycles. The number of benzene rings is 1. The lowest BCUT2D eigenvalue weighted by Crippen LogP contribution is -2.48. The SMILES string of the molecule is CN=C(NCCc1ccc(S(C)(=O)=O)cc1)NCC(C)N1CCC(C)CC1.I. The fraction of sp³-hybridized carbons (Fsp3) is 0.650. The second-order valence-corrected chi connectivity index (χ2v) is 9.63. The van der Waals surface area contributed by atoms with Crippen molar-refractivity contribution in [3.63, 3.8) is 0 Å². The van der Waals surface area contributed by atoms with Gasteiger partial charge < -0.3 is 10.6 Å². The Morgan fingerprint density at radius 3 is 2.36 bits per heavy atom. The number of sulfone groups is 1. The molecule has 2 rings (SSSR count). The zero-order valence-corrected chi connectivity index (χ0v) is 20.6. The number of halogens is 1. The lowest BCUT2D eigenvalue weighted by molar-refractivity contribution is 0.147. The summed E-state index contributed by atoms with van der Waals surface area (Å²) in [7, 11) is -1.35. The summed E-state index contributed by atoms with van der Waals surface area (Å²) in [5.74, 6) is 1.65. The van der Waals surface area contributed by atoms with Gasteiger partial charge in [-0.25, -0.2) is 8.42 Å². The van der Waals surface area contributed by atoms with Gasteiger partial charge in [-0.1, -0.05) is 19.1 Å². The molecular weight excluding hydrogens is 487 g/mol. The number of aliphatic imine (C=N–C) groups is 1. The highest BCUT2D eigenvalue weighted by Gasteiger charge is 2.20. The Kier molecular flexibility index (Phi) is 10.8. The maximum atomic E-state index is 11.5. The number of nitrogens with one attached hydrogen (secondary N) is 2. The molecule has 28 heavy (non-hydrogen) atoms. The first-order valence-electron chi connectivity index (χ1n) is 9.77. The van der Waals surface area contributed by atoms with E-state index in [0.29, 0.717) is 10.9 Å². The van der Waals surface area contributed by atoms with Gasteiger partial charge in [0.1, 0.15) is 0 Å². The highest BCUT2D eigenvalue weighted by molar-refractivity contribution is 14.0. The molecule has 6 nitrogen and oxygen atoms in total. The number of nitrogens with zero attached hydrogens (tertiary/aromatic N) is 2. The summed E-state index contributed by atoms with van der Waals surface area (Å²) in [5, 5.41) is 6.74. The average Bonchev–Trinajstić information content (AvgIpc) is 2.64. The molecule has 1 aromatic rings. The Morgan fingerprint density at radius 2 is 1.82 bits per heavy atom. The second-order valence-electron chi connectivity index (χ2n) is 7.61. The van der Waals surface area contributed by atoms with E-state index in [1.807, 2.05) is 12.1 Å². The van der Waals surface area contributed by atoms with Gasteiger partial charge in [0.25, 0.3) is 0 Å². The monoisotopic (exact) mass is 522 g/mol. The molecule has 0 aromatic heterocycles. The fourth-order valence-corrected chi connectivity index (χ4v) is 3.92. The number of rotatable bonds is 7. The highest BCUT2D eigenvalue weighted by Crippen LogP contribution is 2.17. The van der Waals surface area contributed by atoms with E-state index in [4.69, 9.17) is 0 Å². The van der Waals surface area contributed by atoms with Crippen molar-refractivity contribution in [1.82, 2.24) is 15.5 Å². The lowest BCUT2D eigenvalue weighted by atomic mass is 9.98. The molecule has 0 amide bonds. The van der Waals surface area contributed by atoms with Gasteiger partial charge in [0.05, 0.1) is 4.90 Å². The predicted octanol–water partition coefficient (Wildman–Crippen LogP) is 2.54. The summed E-state index contributed by atoms with van der Waals surface area (Å²) < 4.78 is 23.0. The second kappa shape index (κ2) is 12.0. The zero-order valence-electron chi connectivity index (χ0n) is 17.4. The van der Waals surface area contributed by atoms with Gasteiger partial charge in [0, 0.05) is 32.4 Å². The minimum Gasteiger partial charge on any atom is -0.356 e. The van der Waals surface area contributed by atoms with Gasteiger partial charge in [-0.2, -0.15) is 0 Å². The number of guanidine groups is 1. The minimum atomic E-state index is -3.13. The summed E-state index contributed by atoms with van der Waals surface area (Å²) >= 11 is 0. The molecule has 0 bridgehead atoms. The van der Waals surface area contributed by atoms with Crippen molar-refractivity contribution >= 4 is 39.8 Å². The topological polar surface area (TPSA) is 73.8 Å². The van der Waals surface area contributed by atoms with Gasteiger partial charge in [0.15, 0.2) is 15.8 Å². The van der Waals surface area contributed by atoms with Gasteiger partial charge in [0.2, 0.25) is 0 Å². The van der Waals surface area contributed by atoms with Gasteiger partial charge in [-0.05, 0) is 62.9 Å². The Bertz CT molecular complexity index is 714. The zero-order chi connectivity index (χ0) is 19.9. The van der Waals surface area contributed by atoms with Crippen LogP contribution in [0.3, 0.4) is 0 Å². The molecule has 1 aromatic carbocycles. The van der Waals surface area contributed by atoms with Gasteiger partial charge in [-0.3, -0.25) is 9.89 Å². The van der Waals surface area contributed by atoms with E-state index in [1.165, 1.54) is 32.2 Å². The van der Waals surface area contributed by atoms with Crippen molar-refractivity contribution in [2.45, 2.75) is 44.0 Å². The van der Waals surface area contributed by atoms with Crippen LogP contribution in [0.1, 0.15) is 32.3 Å². The van der Waals surface area contributed by atoms with Crippen LogP contribution in [0.5, 0.6) is 0 Å². The van der Waals surface area contributed by atoms with Gasteiger partial charge in [-0.15, -0.1) is 24.0 Å². The summed E-state index contributed by atoms with van der Waals surface area (Å²) in [6.45, 7) is 8.57. The summed E-state index contributed by atoms with van der Waals surface area (Å²) in [4.78, 5) is 7.20. The Morgan fingerprint density at radius 1 is 1.21 bits per heavy atom. The molecule has 8 heteroatoms.